The highest BCUT2D eigenvalue weighted by molar-refractivity contribution is 7.53. The van der Waals surface area contributed by atoms with Gasteiger partial charge in [0.1, 0.15) is 12.4 Å². The summed E-state index contributed by atoms with van der Waals surface area (Å²) >= 11 is 0. The van der Waals surface area contributed by atoms with Crippen molar-refractivity contribution in [1.29, 1.82) is 5.41 Å². The van der Waals surface area contributed by atoms with Crippen molar-refractivity contribution in [1.82, 2.24) is 10.6 Å². The van der Waals surface area contributed by atoms with Crippen LogP contribution in [0.25, 0.3) is 0 Å². The largest absolute Gasteiger partial charge is 0.479 e. The number of anilines is 1. The first kappa shape index (κ1) is 34.8. The number of carbonyl (C=O) groups is 3. The van der Waals surface area contributed by atoms with Crippen molar-refractivity contribution in [2.24, 2.45) is 11.7 Å². The van der Waals surface area contributed by atoms with E-state index in [1.807, 2.05) is 36.4 Å². The van der Waals surface area contributed by atoms with E-state index in [-0.39, 0.29) is 36.7 Å². The number of hydrogen-bond donors (Lipinski definition) is 7. The highest BCUT2D eigenvalue weighted by Crippen LogP contribution is 2.53. The lowest BCUT2D eigenvalue weighted by atomic mass is 10.0. The summed E-state index contributed by atoms with van der Waals surface area (Å²) in [5.74, 6) is -4.59. The van der Waals surface area contributed by atoms with Gasteiger partial charge in [0, 0.05) is 12.1 Å². The highest BCUT2D eigenvalue weighted by Gasteiger charge is 2.41. The van der Waals surface area contributed by atoms with Gasteiger partial charge < -0.3 is 36.4 Å². The summed E-state index contributed by atoms with van der Waals surface area (Å²) in [6, 6.07) is 23.2. The Kier molecular flexibility index (Phi) is 12.7. The van der Waals surface area contributed by atoms with E-state index in [0.29, 0.717) is 0 Å². The molecule has 0 aromatic heterocycles. The zero-order valence-electron chi connectivity index (χ0n) is 24.9. The number of carboxylic acid groups (broad SMARTS) is 1. The molecule has 0 saturated heterocycles. The van der Waals surface area contributed by atoms with Crippen molar-refractivity contribution in [3.8, 4) is 0 Å². The molecule has 45 heavy (non-hydrogen) atoms. The van der Waals surface area contributed by atoms with Crippen molar-refractivity contribution in [3.05, 3.63) is 102 Å². The number of hydrogen-bond acceptors (Lipinski definition) is 7. The molecule has 0 heterocycles. The fraction of sp³-hybridized carbons (Fsp3) is 0.290. The zero-order chi connectivity index (χ0) is 33.0. The Morgan fingerprint density at radius 2 is 1.56 bits per heavy atom. The first-order chi connectivity index (χ1) is 21.4. The van der Waals surface area contributed by atoms with Gasteiger partial charge in [0.15, 0.2) is 12.1 Å². The maximum atomic E-state index is 13.4. The second-order valence-electron chi connectivity index (χ2n) is 10.5. The van der Waals surface area contributed by atoms with Crippen molar-refractivity contribution in [2.45, 2.75) is 51.2 Å². The smallest absolute Gasteiger partial charge is 0.407 e. The SMILES string of the molecule is CC(C)C(NC(=O)CCC(NC(=O)OCc1ccccc1)c1ccccc1)P(=O)(O)OC(C(=O)O)c1cccc(NC(=N)N)c1. The van der Waals surface area contributed by atoms with Crippen LogP contribution in [0.3, 0.4) is 0 Å². The number of benzene rings is 3. The number of ether oxygens (including phenoxy) is 1. The summed E-state index contributed by atoms with van der Waals surface area (Å²) in [5.41, 5.74) is 7.18. The molecule has 3 aromatic carbocycles. The maximum Gasteiger partial charge on any atom is 0.407 e. The van der Waals surface area contributed by atoms with Crippen LogP contribution in [0.2, 0.25) is 0 Å². The van der Waals surface area contributed by atoms with Crippen LogP contribution >= 0.6 is 7.60 Å². The minimum absolute atomic E-state index is 0.0211. The van der Waals surface area contributed by atoms with Crippen molar-refractivity contribution >= 4 is 37.2 Å². The van der Waals surface area contributed by atoms with Gasteiger partial charge in [-0.15, -0.1) is 0 Å². The Balaban J connectivity index is 1.68. The summed E-state index contributed by atoms with van der Waals surface area (Å²) < 4.78 is 24.1. The molecule has 0 radical (unpaired) electrons. The molecule has 14 heteroatoms. The first-order valence-electron chi connectivity index (χ1n) is 14.1. The van der Waals surface area contributed by atoms with Gasteiger partial charge in [0.25, 0.3) is 0 Å². The molecule has 0 saturated carbocycles. The zero-order valence-corrected chi connectivity index (χ0v) is 25.8. The Morgan fingerprint density at radius 1 is 0.933 bits per heavy atom. The number of nitrogens with one attached hydrogen (secondary N) is 4. The van der Waals surface area contributed by atoms with Gasteiger partial charge in [-0.25, -0.2) is 9.59 Å². The summed E-state index contributed by atoms with van der Waals surface area (Å²) in [7, 11) is -4.79. The normalized spacial score (nSPS) is 14.3. The number of rotatable bonds is 15. The van der Waals surface area contributed by atoms with Crippen LogP contribution in [0.15, 0.2) is 84.9 Å². The average Bonchev–Trinajstić information content (AvgIpc) is 3.00. The third-order valence-corrected chi connectivity index (χ3v) is 8.55. The van der Waals surface area contributed by atoms with Crippen LogP contribution in [0.4, 0.5) is 10.5 Å². The van der Waals surface area contributed by atoms with Crippen molar-refractivity contribution < 1.29 is 38.2 Å². The number of carboxylic acids is 1. The molecule has 4 unspecified atom stereocenters. The van der Waals surface area contributed by atoms with E-state index in [9.17, 15) is 28.9 Å². The summed E-state index contributed by atoms with van der Waals surface area (Å²) in [6.07, 6.45) is -2.56. The summed E-state index contributed by atoms with van der Waals surface area (Å²) in [5, 5.41) is 25.0. The molecule has 0 spiro atoms. The van der Waals surface area contributed by atoms with Gasteiger partial charge in [-0.1, -0.05) is 86.6 Å². The Hall–Kier alpha value is -4.71. The van der Waals surface area contributed by atoms with E-state index in [1.54, 1.807) is 38.1 Å². The van der Waals surface area contributed by atoms with Crippen molar-refractivity contribution in [2.75, 3.05) is 5.32 Å². The monoisotopic (exact) mass is 639 g/mol. The van der Waals surface area contributed by atoms with E-state index < -0.39 is 49.4 Å². The summed E-state index contributed by atoms with van der Waals surface area (Å²) in [4.78, 5) is 48.7. The minimum atomic E-state index is -4.79. The third-order valence-electron chi connectivity index (χ3n) is 6.61. The lowest BCUT2D eigenvalue weighted by Crippen LogP contribution is -2.40. The van der Waals surface area contributed by atoms with Gasteiger partial charge in [0.2, 0.25) is 5.91 Å². The molecular formula is C31H38N5O8P. The minimum Gasteiger partial charge on any atom is -0.479 e. The van der Waals surface area contributed by atoms with Crippen LogP contribution in [-0.2, 0) is 30.0 Å². The molecule has 240 valence electrons. The van der Waals surface area contributed by atoms with Crippen LogP contribution in [0.1, 0.15) is 55.5 Å². The fourth-order valence-corrected chi connectivity index (χ4v) is 6.16. The molecule has 2 amide bonds. The van der Waals surface area contributed by atoms with Crippen molar-refractivity contribution in [3.63, 3.8) is 0 Å². The molecule has 0 aliphatic carbocycles. The molecular weight excluding hydrogens is 601 g/mol. The molecule has 3 rings (SSSR count). The molecule has 0 aliphatic rings. The number of carbonyl (C=O) groups excluding carboxylic acids is 2. The Bertz CT molecular complexity index is 1510. The highest BCUT2D eigenvalue weighted by atomic mass is 31.2. The number of aliphatic carboxylic acids is 1. The molecule has 13 nitrogen and oxygen atoms in total. The Labute approximate surface area is 261 Å². The first-order valence-corrected chi connectivity index (χ1v) is 15.8. The topological polar surface area (TPSA) is 213 Å². The predicted octanol–water partition coefficient (Wildman–Crippen LogP) is 4.87. The lowest BCUT2D eigenvalue weighted by molar-refractivity contribution is -0.145. The van der Waals surface area contributed by atoms with Gasteiger partial charge in [-0.3, -0.25) is 19.3 Å². The molecule has 3 aromatic rings. The van der Waals surface area contributed by atoms with Gasteiger partial charge >= 0.3 is 19.7 Å². The number of nitrogens with two attached hydrogens (primary N) is 1. The van der Waals surface area contributed by atoms with Gasteiger partial charge in [0.05, 0.1) is 6.04 Å². The van der Waals surface area contributed by atoms with Crippen LogP contribution in [0.5, 0.6) is 0 Å². The number of alkyl carbamates (subject to hydrolysis) is 1. The molecule has 0 fully saturated rings. The summed E-state index contributed by atoms with van der Waals surface area (Å²) in [6.45, 7) is 3.23. The van der Waals surface area contributed by atoms with E-state index >= 15 is 0 Å². The third kappa shape index (κ3) is 11.1. The van der Waals surface area contributed by atoms with E-state index in [1.165, 1.54) is 24.3 Å². The van der Waals surface area contributed by atoms with E-state index in [2.05, 4.69) is 16.0 Å². The second kappa shape index (κ2) is 16.4. The van der Waals surface area contributed by atoms with Crippen LogP contribution < -0.4 is 21.7 Å². The van der Waals surface area contributed by atoms with Gasteiger partial charge in [-0.05, 0) is 41.2 Å². The van der Waals surface area contributed by atoms with E-state index in [0.717, 1.165) is 11.1 Å². The number of guanidine groups is 1. The van der Waals surface area contributed by atoms with E-state index in [4.69, 9.17) is 20.4 Å². The molecule has 4 atom stereocenters. The standard InChI is InChI=1S/C31H38N5O8P/c1-20(2)28(45(41,42)44-27(29(38)39)23-14-9-15-24(18-23)34-30(32)33)36-26(37)17-16-25(22-12-7-4-8-13-22)35-31(40)43-19-21-10-5-3-6-11-21/h3-15,18,20,25,27-28H,16-17,19H2,1-2H3,(H,35,40)(H,36,37)(H,38,39)(H,41,42)(H4,32,33,34). The molecule has 8 N–H and O–H groups in total. The second-order valence-corrected chi connectivity index (χ2v) is 12.4. The van der Waals surface area contributed by atoms with Gasteiger partial charge in [-0.2, -0.15) is 0 Å². The lowest BCUT2D eigenvalue weighted by Gasteiger charge is -2.29. The maximum absolute atomic E-state index is 13.4. The average molecular weight is 640 g/mol. The Morgan fingerprint density at radius 3 is 2.16 bits per heavy atom. The fourth-order valence-electron chi connectivity index (χ4n) is 4.45. The quantitative estimate of drug-likeness (QED) is 0.0681. The predicted molar refractivity (Wildman–Crippen MR) is 168 cm³/mol. The molecule has 0 aliphatic heterocycles. The van der Waals surface area contributed by atoms with Crippen LogP contribution in [-0.4, -0.2) is 39.7 Å². The molecule has 0 bridgehead atoms. The van der Waals surface area contributed by atoms with Crippen LogP contribution in [0, 0.1) is 11.3 Å². The number of amides is 2.